The monoisotopic (exact) mass is 255 g/mol. The highest BCUT2D eigenvalue weighted by Gasteiger charge is 2.17. The molecule has 0 bridgehead atoms. The highest BCUT2D eigenvalue weighted by atomic mass is 32.2. The van der Waals surface area contributed by atoms with Crippen LogP contribution in [-0.2, 0) is 11.3 Å². The van der Waals surface area contributed by atoms with E-state index in [1.165, 1.54) is 6.08 Å². The highest BCUT2D eigenvalue weighted by molar-refractivity contribution is 7.99. The molecule has 0 unspecified atom stereocenters. The predicted molar refractivity (Wildman–Crippen MR) is 68.2 cm³/mol. The van der Waals surface area contributed by atoms with Crippen LogP contribution in [0.25, 0.3) is 0 Å². The largest absolute Gasteiger partial charge is 0.457 e. The second-order valence-corrected chi connectivity index (χ2v) is 4.72. The number of hydrogen-bond acceptors (Lipinski definition) is 5. The molecule has 0 radical (unpaired) electrons. The maximum atomic E-state index is 11.6. The van der Waals surface area contributed by atoms with Gasteiger partial charge in [-0.15, -0.1) is 5.10 Å². The molecule has 1 aromatic rings. The third-order valence-corrected chi connectivity index (χ3v) is 3.04. The first-order valence-electron chi connectivity index (χ1n) is 5.46. The molecular weight excluding hydrogens is 238 g/mol. The molecule has 1 aromatic heterocycles. The molecule has 0 spiro atoms. The zero-order valence-corrected chi connectivity index (χ0v) is 11.0. The second kappa shape index (κ2) is 7.11. The summed E-state index contributed by atoms with van der Waals surface area (Å²) in [7, 11) is 0. The molecular formula is C11H17N3O2S. The standard InChI is InChI=1S/C11H17N3O2S/c1-4-7-16-11(15)10-9(3)14(13-12-10)6-8-17-5-2/h4H,1,5-8H2,2-3H3. The van der Waals surface area contributed by atoms with Gasteiger partial charge in [0.2, 0.25) is 0 Å². The first-order chi connectivity index (χ1) is 8.20. The van der Waals surface area contributed by atoms with Crippen molar-refractivity contribution in [3.05, 3.63) is 24.0 Å². The first-order valence-corrected chi connectivity index (χ1v) is 6.62. The number of ether oxygens (including phenoxy) is 1. The maximum absolute atomic E-state index is 11.6. The van der Waals surface area contributed by atoms with Gasteiger partial charge in [0.1, 0.15) is 6.61 Å². The van der Waals surface area contributed by atoms with Crippen molar-refractivity contribution in [3.8, 4) is 0 Å². The molecule has 0 aliphatic rings. The van der Waals surface area contributed by atoms with Crippen molar-refractivity contribution < 1.29 is 9.53 Å². The van der Waals surface area contributed by atoms with Gasteiger partial charge in [-0.25, -0.2) is 9.48 Å². The fourth-order valence-corrected chi connectivity index (χ4v) is 1.85. The van der Waals surface area contributed by atoms with E-state index in [1.54, 1.807) is 4.68 Å². The lowest BCUT2D eigenvalue weighted by atomic mass is 10.3. The van der Waals surface area contributed by atoms with Crippen molar-refractivity contribution in [2.45, 2.75) is 20.4 Å². The molecule has 0 saturated carbocycles. The van der Waals surface area contributed by atoms with Crippen LogP contribution in [0.3, 0.4) is 0 Å². The molecule has 1 rings (SSSR count). The van der Waals surface area contributed by atoms with Gasteiger partial charge in [-0.2, -0.15) is 11.8 Å². The van der Waals surface area contributed by atoms with E-state index in [-0.39, 0.29) is 12.3 Å². The molecule has 0 aliphatic heterocycles. The zero-order valence-electron chi connectivity index (χ0n) is 10.2. The third-order valence-electron chi connectivity index (χ3n) is 2.16. The summed E-state index contributed by atoms with van der Waals surface area (Å²) >= 11 is 1.83. The molecule has 1 heterocycles. The lowest BCUT2D eigenvalue weighted by Crippen LogP contribution is -2.09. The summed E-state index contributed by atoms with van der Waals surface area (Å²) in [6.45, 7) is 8.36. The number of aromatic nitrogens is 3. The summed E-state index contributed by atoms with van der Waals surface area (Å²) in [5, 5.41) is 7.79. The van der Waals surface area contributed by atoms with Crippen LogP contribution < -0.4 is 0 Å². The highest BCUT2D eigenvalue weighted by Crippen LogP contribution is 2.07. The molecule has 6 heteroatoms. The van der Waals surface area contributed by atoms with E-state index in [0.717, 1.165) is 23.7 Å². The fourth-order valence-electron chi connectivity index (χ4n) is 1.26. The number of carbonyl (C=O) groups is 1. The smallest absolute Gasteiger partial charge is 0.361 e. The van der Waals surface area contributed by atoms with Gasteiger partial charge < -0.3 is 4.74 Å². The Morgan fingerprint density at radius 2 is 2.41 bits per heavy atom. The molecule has 0 aliphatic carbocycles. The van der Waals surface area contributed by atoms with E-state index in [9.17, 15) is 4.79 Å². The van der Waals surface area contributed by atoms with E-state index < -0.39 is 5.97 Å². The van der Waals surface area contributed by atoms with Crippen molar-refractivity contribution >= 4 is 17.7 Å². The van der Waals surface area contributed by atoms with E-state index in [1.807, 2.05) is 18.7 Å². The van der Waals surface area contributed by atoms with Crippen molar-refractivity contribution in [3.63, 3.8) is 0 Å². The summed E-state index contributed by atoms with van der Waals surface area (Å²) in [6, 6.07) is 0. The number of thioether (sulfide) groups is 1. The van der Waals surface area contributed by atoms with Crippen LogP contribution in [0.2, 0.25) is 0 Å². The Kier molecular flexibility index (Phi) is 5.76. The summed E-state index contributed by atoms with van der Waals surface area (Å²) in [4.78, 5) is 11.6. The van der Waals surface area contributed by atoms with Crippen LogP contribution in [0.4, 0.5) is 0 Å². The Morgan fingerprint density at radius 1 is 1.65 bits per heavy atom. The van der Waals surface area contributed by atoms with Crippen LogP contribution >= 0.6 is 11.8 Å². The van der Waals surface area contributed by atoms with Gasteiger partial charge in [0, 0.05) is 5.75 Å². The van der Waals surface area contributed by atoms with E-state index in [4.69, 9.17) is 4.74 Å². The molecule has 94 valence electrons. The predicted octanol–water partition coefficient (Wildman–Crippen LogP) is 1.68. The minimum absolute atomic E-state index is 0.191. The number of hydrogen-bond donors (Lipinski definition) is 0. The normalized spacial score (nSPS) is 10.2. The van der Waals surface area contributed by atoms with Crippen LogP contribution in [0.1, 0.15) is 23.1 Å². The zero-order chi connectivity index (χ0) is 12.7. The Hall–Kier alpha value is -1.30. The molecule has 0 N–H and O–H groups in total. The summed E-state index contributed by atoms with van der Waals surface area (Å²) < 4.78 is 6.65. The average molecular weight is 255 g/mol. The molecule has 17 heavy (non-hydrogen) atoms. The number of nitrogens with zero attached hydrogens (tertiary/aromatic N) is 3. The van der Waals surface area contributed by atoms with Gasteiger partial charge in [0.05, 0.1) is 12.2 Å². The van der Waals surface area contributed by atoms with Crippen LogP contribution in [0, 0.1) is 6.92 Å². The molecule has 0 aromatic carbocycles. The number of rotatable bonds is 7. The van der Waals surface area contributed by atoms with E-state index in [0.29, 0.717) is 0 Å². The van der Waals surface area contributed by atoms with Gasteiger partial charge in [-0.1, -0.05) is 24.8 Å². The average Bonchev–Trinajstić information content (AvgIpc) is 2.68. The minimum atomic E-state index is -0.447. The minimum Gasteiger partial charge on any atom is -0.457 e. The first kappa shape index (κ1) is 13.8. The van der Waals surface area contributed by atoms with Gasteiger partial charge in [-0.3, -0.25) is 0 Å². The quantitative estimate of drug-likeness (QED) is 0.421. The van der Waals surface area contributed by atoms with Crippen molar-refractivity contribution in [1.82, 2.24) is 15.0 Å². The van der Waals surface area contributed by atoms with Crippen LogP contribution in [0.15, 0.2) is 12.7 Å². The lowest BCUT2D eigenvalue weighted by molar-refractivity contribution is 0.0542. The second-order valence-electron chi connectivity index (χ2n) is 3.33. The number of carbonyl (C=O) groups excluding carboxylic acids is 1. The molecule has 0 atom stereocenters. The lowest BCUT2D eigenvalue weighted by Gasteiger charge is -2.02. The topological polar surface area (TPSA) is 57.0 Å². The summed E-state index contributed by atoms with van der Waals surface area (Å²) in [5.41, 5.74) is 1.03. The van der Waals surface area contributed by atoms with Gasteiger partial charge in [0.15, 0.2) is 5.69 Å². The van der Waals surface area contributed by atoms with E-state index in [2.05, 4.69) is 23.8 Å². The Balaban J connectivity index is 2.62. The Bertz CT molecular complexity index is 390. The Labute approximate surface area is 105 Å². The van der Waals surface area contributed by atoms with Crippen molar-refractivity contribution in [1.29, 1.82) is 0 Å². The molecule has 5 nitrogen and oxygen atoms in total. The van der Waals surface area contributed by atoms with Crippen molar-refractivity contribution in [2.75, 3.05) is 18.1 Å². The summed E-state index contributed by atoms with van der Waals surface area (Å²) in [6.07, 6.45) is 1.52. The van der Waals surface area contributed by atoms with E-state index >= 15 is 0 Å². The van der Waals surface area contributed by atoms with Gasteiger partial charge in [-0.05, 0) is 12.7 Å². The Morgan fingerprint density at radius 3 is 3.06 bits per heavy atom. The number of esters is 1. The molecule has 0 fully saturated rings. The molecule has 0 amide bonds. The number of aryl methyl sites for hydroxylation is 1. The fraction of sp³-hybridized carbons (Fsp3) is 0.545. The summed E-state index contributed by atoms with van der Waals surface area (Å²) in [5.74, 6) is 1.58. The maximum Gasteiger partial charge on any atom is 0.361 e. The van der Waals surface area contributed by atoms with Crippen molar-refractivity contribution in [2.24, 2.45) is 0 Å². The third kappa shape index (κ3) is 3.89. The van der Waals surface area contributed by atoms with Crippen LogP contribution in [0.5, 0.6) is 0 Å². The molecule has 0 saturated heterocycles. The van der Waals surface area contributed by atoms with Gasteiger partial charge in [0.25, 0.3) is 0 Å². The SMILES string of the molecule is C=CCOC(=O)c1nnn(CCSCC)c1C. The van der Waals surface area contributed by atoms with Crippen LogP contribution in [-0.4, -0.2) is 39.1 Å². The van der Waals surface area contributed by atoms with Gasteiger partial charge >= 0.3 is 5.97 Å².